The van der Waals surface area contributed by atoms with Gasteiger partial charge in [0, 0.05) is 49.1 Å². The van der Waals surface area contributed by atoms with Gasteiger partial charge in [0.1, 0.15) is 5.75 Å². The minimum atomic E-state index is -4.51. The van der Waals surface area contributed by atoms with E-state index < -0.39 is 51.8 Å². The van der Waals surface area contributed by atoms with Gasteiger partial charge in [0.15, 0.2) is 0 Å². The number of hydrogen-bond donors (Lipinski definition) is 3. The van der Waals surface area contributed by atoms with E-state index in [1.165, 1.54) is 71.4 Å². The van der Waals surface area contributed by atoms with E-state index in [2.05, 4.69) is 10.0 Å². The molecule has 0 aliphatic carbocycles. The van der Waals surface area contributed by atoms with E-state index >= 15 is 0 Å². The normalized spacial score (nSPS) is 19.8. The predicted molar refractivity (Wildman–Crippen MR) is 192 cm³/mol. The topological polar surface area (TPSA) is 138 Å². The lowest BCUT2D eigenvalue weighted by Crippen LogP contribution is -2.48. The maximum atomic E-state index is 14.4. The minimum Gasteiger partial charge on any atom is -0.490 e. The lowest BCUT2D eigenvalue weighted by atomic mass is 10.0. The number of likely N-dealkylation sites (N-methyl/N-ethyl adjacent to an activating group) is 1. The number of rotatable bonds is 8. The number of aliphatic hydroxyl groups excluding tert-OH is 1. The number of halogens is 4. The van der Waals surface area contributed by atoms with E-state index in [4.69, 9.17) is 21.1 Å². The summed E-state index contributed by atoms with van der Waals surface area (Å²) in [7, 11) is -2.51. The van der Waals surface area contributed by atoms with Crippen molar-refractivity contribution in [2.24, 2.45) is 5.92 Å². The van der Waals surface area contributed by atoms with Crippen molar-refractivity contribution in [3.8, 4) is 5.75 Å². The van der Waals surface area contributed by atoms with E-state index in [0.717, 1.165) is 18.6 Å². The maximum absolute atomic E-state index is 14.4. The highest BCUT2D eigenvalue weighted by Crippen LogP contribution is 2.31. The Hall–Kier alpha value is -4.05. The number of urea groups is 1. The van der Waals surface area contributed by atoms with Crippen molar-refractivity contribution in [1.29, 1.82) is 0 Å². The first-order valence-corrected chi connectivity index (χ1v) is 18.7. The first-order valence-electron chi connectivity index (χ1n) is 16.8. The van der Waals surface area contributed by atoms with Gasteiger partial charge >= 0.3 is 12.2 Å². The van der Waals surface area contributed by atoms with Crippen molar-refractivity contribution in [2.75, 3.05) is 43.4 Å². The van der Waals surface area contributed by atoms with Crippen molar-refractivity contribution < 1.29 is 45.8 Å². The van der Waals surface area contributed by atoms with Crippen LogP contribution in [-0.2, 0) is 20.9 Å². The third kappa shape index (κ3) is 11.0. The smallest absolute Gasteiger partial charge is 0.416 e. The number of carbonyl (C=O) groups excluding carboxylic acids is 2. The van der Waals surface area contributed by atoms with Crippen LogP contribution in [0.1, 0.15) is 56.0 Å². The number of nitrogens with one attached hydrogen (secondary N) is 2. The van der Waals surface area contributed by atoms with Crippen LogP contribution in [0, 0.1) is 5.92 Å². The number of nitrogens with zero attached hydrogens (tertiary/aromatic N) is 2. The third-order valence-electron chi connectivity index (χ3n) is 8.69. The number of fused-ring (bicyclic) bond motifs is 1. The molecule has 3 N–H and O–H groups in total. The molecule has 4 atom stereocenters. The fourth-order valence-electron chi connectivity index (χ4n) is 5.59. The van der Waals surface area contributed by atoms with Crippen LogP contribution in [0.4, 0.5) is 29.3 Å². The van der Waals surface area contributed by atoms with Crippen LogP contribution < -0.4 is 14.8 Å². The number of aliphatic hydroxyl groups is 1. The van der Waals surface area contributed by atoms with Crippen molar-refractivity contribution in [1.82, 2.24) is 9.80 Å². The highest BCUT2D eigenvalue weighted by atomic mass is 35.5. The van der Waals surface area contributed by atoms with Crippen molar-refractivity contribution in [2.45, 2.75) is 69.4 Å². The second kappa shape index (κ2) is 17.6. The highest BCUT2D eigenvalue weighted by Gasteiger charge is 2.32. The van der Waals surface area contributed by atoms with Crippen LogP contribution in [0.5, 0.6) is 5.75 Å². The summed E-state index contributed by atoms with van der Waals surface area (Å²) in [5, 5.41) is 13.2. The van der Waals surface area contributed by atoms with Gasteiger partial charge in [-0.25, -0.2) is 13.2 Å². The average molecular weight is 769 g/mol. The number of hydrogen-bond acceptors (Lipinski definition) is 7. The average Bonchev–Trinajstić information content (AvgIpc) is 3.09. The van der Waals surface area contributed by atoms with Crippen LogP contribution in [0.3, 0.4) is 0 Å². The highest BCUT2D eigenvalue weighted by molar-refractivity contribution is 7.92. The number of anilines is 2. The van der Waals surface area contributed by atoms with Crippen LogP contribution >= 0.6 is 11.6 Å². The van der Waals surface area contributed by atoms with Gasteiger partial charge in [0.05, 0.1) is 40.9 Å². The lowest BCUT2D eigenvalue weighted by Gasteiger charge is -2.35. The quantitative estimate of drug-likeness (QED) is 0.222. The zero-order chi connectivity index (χ0) is 38.2. The summed E-state index contributed by atoms with van der Waals surface area (Å²) in [5.74, 6) is -0.663. The standard InChI is InChI=1S/C36H44ClF3N4O7S/c1-23-20-44(24(2)22-45)34(46)31-19-29(42-52(48,49)30-15-10-27(37)11-16-30)14-17-32(31)51-25(3)7-5-6-18-50-33(23)21-43(4)35(47)41-28-12-8-26(9-13-28)36(38,39)40/h8-17,19,23-25,33,42,45H,5-7,18,20-22H2,1-4H3,(H,41,47)/t23-,24+,25+,33+/m0/s1. The summed E-state index contributed by atoms with van der Waals surface area (Å²) in [4.78, 5) is 30.2. The zero-order valence-corrected chi connectivity index (χ0v) is 30.9. The second-order valence-corrected chi connectivity index (χ2v) is 15.1. The van der Waals surface area contributed by atoms with Gasteiger partial charge in [-0.05, 0) is 99.8 Å². The zero-order valence-electron chi connectivity index (χ0n) is 29.3. The molecule has 0 saturated heterocycles. The fourth-order valence-corrected chi connectivity index (χ4v) is 6.77. The van der Waals surface area contributed by atoms with Gasteiger partial charge in [-0.3, -0.25) is 9.52 Å². The molecule has 0 bridgehead atoms. The number of amides is 3. The summed E-state index contributed by atoms with van der Waals surface area (Å²) in [6.45, 7) is 5.51. The molecule has 1 aliphatic heterocycles. The van der Waals surface area contributed by atoms with Gasteiger partial charge in [-0.1, -0.05) is 18.5 Å². The molecule has 0 aromatic heterocycles. The van der Waals surface area contributed by atoms with E-state index in [9.17, 15) is 36.3 Å². The SMILES string of the molecule is C[C@@H]1CCCCO[C@H](CN(C)C(=O)Nc2ccc(C(F)(F)F)cc2)[C@@H](C)CN([C@H](C)CO)C(=O)c2cc(NS(=O)(=O)c3ccc(Cl)cc3)ccc2O1. The van der Waals surface area contributed by atoms with E-state index in [0.29, 0.717) is 24.5 Å². The first-order chi connectivity index (χ1) is 24.5. The van der Waals surface area contributed by atoms with Gasteiger partial charge < -0.3 is 29.7 Å². The molecule has 284 valence electrons. The number of benzene rings is 3. The van der Waals surface area contributed by atoms with Crippen LogP contribution in [0.15, 0.2) is 71.6 Å². The fraction of sp³-hybridized carbons (Fsp3) is 0.444. The maximum Gasteiger partial charge on any atom is 0.416 e. The Kier molecular flexibility index (Phi) is 13.8. The first kappa shape index (κ1) is 40.7. The Morgan fingerprint density at radius 3 is 2.35 bits per heavy atom. The van der Waals surface area contributed by atoms with E-state index in [1.807, 2.05) is 13.8 Å². The largest absolute Gasteiger partial charge is 0.490 e. The van der Waals surface area contributed by atoms with E-state index in [1.54, 1.807) is 6.92 Å². The summed E-state index contributed by atoms with van der Waals surface area (Å²) < 4.78 is 80.3. The Morgan fingerprint density at radius 2 is 1.71 bits per heavy atom. The molecule has 11 nitrogen and oxygen atoms in total. The second-order valence-electron chi connectivity index (χ2n) is 13.0. The van der Waals surface area contributed by atoms with Gasteiger partial charge in [-0.2, -0.15) is 13.2 Å². The van der Waals surface area contributed by atoms with Crippen LogP contribution in [0.25, 0.3) is 0 Å². The summed E-state index contributed by atoms with van der Waals surface area (Å²) in [6.07, 6.45) is -3.39. The Morgan fingerprint density at radius 1 is 1.06 bits per heavy atom. The molecule has 0 unspecified atom stereocenters. The number of ether oxygens (including phenoxy) is 2. The van der Waals surface area contributed by atoms with Crippen LogP contribution in [-0.4, -0.2) is 86.9 Å². The molecular weight excluding hydrogens is 725 g/mol. The lowest BCUT2D eigenvalue weighted by molar-refractivity contribution is -0.137. The molecule has 3 amide bonds. The van der Waals surface area contributed by atoms with Gasteiger partial charge in [-0.15, -0.1) is 0 Å². The van der Waals surface area contributed by atoms with Crippen molar-refractivity contribution >= 4 is 44.9 Å². The molecule has 0 fully saturated rings. The molecule has 52 heavy (non-hydrogen) atoms. The van der Waals surface area contributed by atoms with Crippen LogP contribution in [0.2, 0.25) is 5.02 Å². The molecular formula is C36H44ClF3N4O7S. The molecule has 3 aromatic rings. The summed E-state index contributed by atoms with van der Waals surface area (Å²) in [6, 6.07) is 12.9. The molecule has 3 aromatic carbocycles. The number of sulfonamides is 1. The molecule has 16 heteroatoms. The minimum absolute atomic E-state index is 0.0263. The Bertz CT molecular complexity index is 1780. The molecule has 0 saturated carbocycles. The van der Waals surface area contributed by atoms with Crippen molar-refractivity contribution in [3.63, 3.8) is 0 Å². The summed E-state index contributed by atoms with van der Waals surface area (Å²) in [5.41, 5.74) is -0.455. The van der Waals surface area contributed by atoms with E-state index in [-0.39, 0.29) is 53.4 Å². The number of alkyl halides is 3. The monoisotopic (exact) mass is 768 g/mol. The third-order valence-corrected chi connectivity index (χ3v) is 10.3. The molecule has 1 aliphatic rings. The molecule has 4 rings (SSSR count). The molecule has 0 spiro atoms. The van der Waals surface area contributed by atoms with Crippen molar-refractivity contribution in [3.05, 3.63) is 82.9 Å². The molecule has 1 heterocycles. The number of carbonyl (C=O) groups is 2. The van der Waals surface area contributed by atoms with Gasteiger partial charge in [0.2, 0.25) is 0 Å². The van der Waals surface area contributed by atoms with Gasteiger partial charge in [0.25, 0.3) is 15.9 Å². The predicted octanol–water partition coefficient (Wildman–Crippen LogP) is 7.12. The molecule has 0 radical (unpaired) electrons. The Labute approximate surface area is 307 Å². The Balaban J connectivity index is 1.59. The summed E-state index contributed by atoms with van der Waals surface area (Å²) >= 11 is 5.93.